The number of nitrogens with one attached hydrogen (secondary N) is 1. The number of ether oxygens (including phenoxy) is 1. The van der Waals surface area contributed by atoms with Crippen LogP contribution in [0.5, 0.6) is 0 Å². The predicted octanol–water partition coefficient (Wildman–Crippen LogP) is 2.84. The van der Waals surface area contributed by atoms with Crippen molar-refractivity contribution >= 4 is 15.9 Å². The SMILES string of the molecule is CC12CCC(C1)C(C)(C)C2NC(=O)c1ccc(-n2cccn2)c(S(=O)(=O)N2CCOCC2)c1. The van der Waals surface area contributed by atoms with E-state index in [1.165, 1.54) is 21.5 Å². The average Bonchev–Trinajstić information content (AvgIpc) is 3.51. The van der Waals surface area contributed by atoms with E-state index < -0.39 is 10.0 Å². The molecular weight excluding hydrogens is 440 g/mol. The van der Waals surface area contributed by atoms with E-state index in [1.54, 1.807) is 30.6 Å². The summed E-state index contributed by atoms with van der Waals surface area (Å²) in [4.78, 5) is 13.5. The van der Waals surface area contributed by atoms with Gasteiger partial charge in [0.1, 0.15) is 4.90 Å². The van der Waals surface area contributed by atoms with Gasteiger partial charge < -0.3 is 10.1 Å². The molecule has 1 aliphatic heterocycles. The van der Waals surface area contributed by atoms with E-state index in [0.29, 0.717) is 30.4 Å². The summed E-state index contributed by atoms with van der Waals surface area (Å²) in [6.07, 6.45) is 6.74. The highest BCUT2D eigenvalue weighted by atomic mass is 32.2. The lowest BCUT2D eigenvalue weighted by molar-refractivity contribution is 0.0728. The van der Waals surface area contributed by atoms with Gasteiger partial charge in [-0.15, -0.1) is 0 Å². The van der Waals surface area contributed by atoms with E-state index in [-0.39, 0.29) is 40.8 Å². The van der Waals surface area contributed by atoms with Crippen LogP contribution in [0.2, 0.25) is 0 Å². The van der Waals surface area contributed by atoms with Gasteiger partial charge in [0.2, 0.25) is 10.0 Å². The van der Waals surface area contributed by atoms with Gasteiger partial charge in [-0.1, -0.05) is 20.8 Å². The van der Waals surface area contributed by atoms with Crippen molar-refractivity contribution in [1.82, 2.24) is 19.4 Å². The van der Waals surface area contributed by atoms with Crippen LogP contribution < -0.4 is 5.32 Å². The van der Waals surface area contributed by atoms with E-state index in [2.05, 4.69) is 31.2 Å². The van der Waals surface area contributed by atoms with E-state index in [1.807, 2.05) is 0 Å². The molecule has 2 heterocycles. The molecule has 1 aromatic heterocycles. The van der Waals surface area contributed by atoms with Crippen LogP contribution in [0.25, 0.3) is 5.69 Å². The van der Waals surface area contributed by atoms with Crippen molar-refractivity contribution in [2.24, 2.45) is 16.7 Å². The van der Waals surface area contributed by atoms with Crippen LogP contribution in [0, 0.1) is 16.7 Å². The Balaban J connectivity index is 1.50. The normalized spacial score (nSPS) is 29.3. The van der Waals surface area contributed by atoms with E-state index in [9.17, 15) is 13.2 Å². The molecule has 3 unspecified atom stereocenters. The van der Waals surface area contributed by atoms with Crippen LogP contribution in [0.1, 0.15) is 50.4 Å². The van der Waals surface area contributed by atoms with Crippen molar-refractivity contribution in [3.05, 3.63) is 42.2 Å². The molecule has 0 radical (unpaired) electrons. The first kappa shape index (κ1) is 22.6. The maximum atomic E-state index is 13.6. The second kappa shape index (κ2) is 7.92. The number of amides is 1. The third kappa shape index (κ3) is 3.70. The van der Waals surface area contributed by atoms with Gasteiger partial charge in [0.15, 0.2) is 0 Å². The van der Waals surface area contributed by atoms with Crippen LogP contribution in [-0.4, -0.2) is 60.8 Å². The zero-order valence-electron chi connectivity index (χ0n) is 19.5. The van der Waals surface area contributed by atoms with Crippen molar-refractivity contribution in [1.29, 1.82) is 0 Å². The monoisotopic (exact) mass is 472 g/mol. The second-order valence-corrected chi connectivity index (χ2v) is 12.4. The molecule has 2 aromatic rings. The fourth-order valence-electron chi connectivity index (χ4n) is 6.27. The zero-order chi connectivity index (χ0) is 23.4. The molecule has 1 aromatic carbocycles. The Morgan fingerprint density at radius 3 is 2.61 bits per heavy atom. The number of sulfonamides is 1. The van der Waals surface area contributed by atoms with E-state index >= 15 is 0 Å². The van der Waals surface area contributed by atoms with E-state index in [4.69, 9.17) is 4.74 Å². The first-order chi connectivity index (χ1) is 15.6. The molecule has 3 aliphatic rings. The fraction of sp³-hybridized carbons (Fsp3) is 0.583. The highest BCUT2D eigenvalue weighted by molar-refractivity contribution is 7.89. The molecule has 2 aliphatic carbocycles. The average molecular weight is 473 g/mol. The standard InChI is InChI=1S/C24H32N4O4S/c1-23(2)18-7-8-24(3,16-18)22(23)26-21(29)17-5-6-19(28-10-4-9-25-28)20(15-17)33(30,31)27-11-13-32-14-12-27/h4-6,9-10,15,18,22H,7-8,11-14,16H2,1-3H3,(H,26,29). The van der Waals surface area contributed by atoms with E-state index in [0.717, 1.165) is 12.8 Å². The summed E-state index contributed by atoms with van der Waals surface area (Å²) >= 11 is 0. The number of carbonyl (C=O) groups is 1. The minimum atomic E-state index is -3.83. The van der Waals surface area contributed by atoms with Gasteiger partial charge in [-0.25, -0.2) is 13.1 Å². The minimum absolute atomic E-state index is 0.0143. The molecule has 0 spiro atoms. The molecule has 2 saturated carbocycles. The van der Waals surface area contributed by atoms with Crippen LogP contribution in [0.4, 0.5) is 0 Å². The van der Waals surface area contributed by atoms with Crippen LogP contribution in [0.15, 0.2) is 41.6 Å². The summed E-state index contributed by atoms with van der Waals surface area (Å²) in [6.45, 7) is 8.02. The number of hydrogen-bond acceptors (Lipinski definition) is 5. The Bertz CT molecular complexity index is 1150. The van der Waals surface area contributed by atoms with Crippen LogP contribution in [-0.2, 0) is 14.8 Å². The summed E-state index contributed by atoms with van der Waals surface area (Å²) < 4.78 is 35.4. The van der Waals surface area contributed by atoms with Gasteiger partial charge in [0.05, 0.1) is 18.9 Å². The number of carbonyl (C=O) groups excluding carboxylic acids is 1. The molecule has 178 valence electrons. The quantitative estimate of drug-likeness (QED) is 0.722. The van der Waals surface area contributed by atoms with Crippen molar-refractivity contribution in [2.45, 2.75) is 51.0 Å². The number of aromatic nitrogens is 2. The lowest BCUT2D eigenvalue weighted by Gasteiger charge is -2.43. The first-order valence-electron chi connectivity index (χ1n) is 11.7. The van der Waals surface area contributed by atoms with Crippen LogP contribution >= 0.6 is 0 Å². The zero-order valence-corrected chi connectivity index (χ0v) is 20.3. The number of hydrogen-bond donors (Lipinski definition) is 1. The maximum absolute atomic E-state index is 13.6. The maximum Gasteiger partial charge on any atom is 0.251 e. The van der Waals surface area contributed by atoms with Crippen molar-refractivity contribution in [2.75, 3.05) is 26.3 Å². The summed E-state index contributed by atoms with van der Waals surface area (Å²) in [5.74, 6) is 0.375. The molecule has 1 saturated heterocycles. The molecular formula is C24H32N4O4S. The molecule has 3 fully saturated rings. The number of nitrogens with zero attached hydrogens (tertiary/aromatic N) is 3. The lowest BCUT2D eigenvalue weighted by Crippen LogP contribution is -2.52. The van der Waals surface area contributed by atoms with Crippen molar-refractivity contribution in [3.63, 3.8) is 0 Å². The number of benzene rings is 1. The van der Waals surface area contributed by atoms with Gasteiger partial charge >= 0.3 is 0 Å². The van der Waals surface area contributed by atoms with Gasteiger partial charge in [-0.05, 0) is 60.3 Å². The Labute approximate surface area is 195 Å². The molecule has 3 atom stereocenters. The second-order valence-electron chi connectivity index (χ2n) is 10.5. The van der Waals surface area contributed by atoms with Gasteiger partial charge in [0.25, 0.3) is 5.91 Å². The summed E-state index contributed by atoms with van der Waals surface area (Å²) in [6, 6.07) is 6.65. The molecule has 9 heteroatoms. The minimum Gasteiger partial charge on any atom is -0.379 e. The topological polar surface area (TPSA) is 93.5 Å². The highest BCUT2D eigenvalue weighted by Crippen LogP contribution is 2.62. The molecule has 5 rings (SSSR count). The Kier molecular flexibility index (Phi) is 5.42. The number of morpholine rings is 1. The molecule has 33 heavy (non-hydrogen) atoms. The predicted molar refractivity (Wildman–Crippen MR) is 124 cm³/mol. The third-order valence-corrected chi connectivity index (χ3v) is 10.0. The molecule has 8 nitrogen and oxygen atoms in total. The third-order valence-electron chi connectivity index (χ3n) is 8.11. The summed E-state index contributed by atoms with van der Waals surface area (Å²) in [7, 11) is -3.83. The van der Waals surface area contributed by atoms with Gasteiger partial charge in [-0.2, -0.15) is 9.40 Å². The Morgan fingerprint density at radius 1 is 1.21 bits per heavy atom. The van der Waals surface area contributed by atoms with Gasteiger partial charge in [-0.3, -0.25) is 4.79 Å². The van der Waals surface area contributed by atoms with Crippen LogP contribution in [0.3, 0.4) is 0 Å². The largest absolute Gasteiger partial charge is 0.379 e. The van der Waals surface area contributed by atoms with Crippen molar-refractivity contribution < 1.29 is 17.9 Å². The Hall–Kier alpha value is -2.23. The summed E-state index contributed by atoms with van der Waals surface area (Å²) in [5, 5.41) is 7.51. The molecule has 1 amide bonds. The smallest absolute Gasteiger partial charge is 0.251 e. The fourth-order valence-corrected chi connectivity index (χ4v) is 7.88. The Morgan fingerprint density at radius 2 is 1.97 bits per heavy atom. The molecule has 2 bridgehead atoms. The lowest BCUT2D eigenvalue weighted by atomic mass is 9.68. The van der Waals surface area contributed by atoms with Gasteiger partial charge in [0, 0.05) is 37.1 Å². The number of rotatable bonds is 5. The molecule has 1 N–H and O–H groups in total. The highest BCUT2D eigenvalue weighted by Gasteiger charge is 2.59. The first-order valence-corrected chi connectivity index (χ1v) is 13.1. The number of fused-ring (bicyclic) bond motifs is 2. The summed E-state index contributed by atoms with van der Waals surface area (Å²) in [5.41, 5.74) is 0.872. The van der Waals surface area contributed by atoms with Crippen molar-refractivity contribution in [3.8, 4) is 5.69 Å².